The molecule has 0 heterocycles. The molecule has 104 valence electrons. The molecule has 1 aliphatic rings. The summed E-state index contributed by atoms with van der Waals surface area (Å²) in [6.45, 7) is 2.12. The van der Waals surface area contributed by atoms with E-state index in [0.717, 1.165) is 18.9 Å². The van der Waals surface area contributed by atoms with E-state index >= 15 is 0 Å². The Hall–Kier alpha value is -0.970. The van der Waals surface area contributed by atoms with Crippen molar-refractivity contribution < 1.29 is 13.6 Å². The van der Waals surface area contributed by atoms with Crippen molar-refractivity contribution >= 4 is 21.8 Å². The fraction of sp³-hybridized carbons (Fsp3) is 0.500. The third kappa shape index (κ3) is 3.53. The maximum atomic E-state index is 13.7. The number of benzene rings is 1. The molecule has 1 aliphatic carbocycles. The molecule has 0 bridgehead atoms. The molecular formula is C14H16BrF2NO. The Balaban J connectivity index is 2.14. The molecule has 0 aromatic heterocycles. The van der Waals surface area contributed by atoms with Crippen LogP contribution in [0.1, 0.15) is 31.7 Å². The highest BCUT2D eigenvalue weighted by Crippen LogP contribution is 2.30. The van der Waals surface area contributed by atoms with Crippen molar-refractivity contribution in [2.45, 2.75) is 43.6 Å². The van der Waals surface area contributed by atoms with Crippen molar-refractivity contribution in [1.29, 1.82) is 0 Å². The lowest BCUT2D eigenvalue weighted by atomic mass is 10.1. The van der Waals surface area contributed by atoms with E-state index in [0.29, 0.717) is 12.0 Å². The summed E-state index contributed by atoms with van der Waals surface area (Å²) in [6.07, 6.45) is 2.60. The fourth-order valence-corrected chi connectivity index (χ4v) is 2.22. The number of hydrogen-bond acceptors (Lipinski definition) is 1. The molecule has 2 rings (SSSR count). The van der Waals surface area contributed by atoms with Crippen molar-refractivity contribution in [1.82, 2.24) is 4.90 Å². The van der Waals surface area contributed by atoms with Gasteiger partial charge in [0, 0.05) is 24.2 Å². The van der Waals surface area contributed by atoms with E-state index in [1.165, 1.54) is 12.1 Å². The molecule has 0 radical (unpaired) electrons. The monoisotopic (exact) mass is 331 g/mol. The van der Waals surface area contributed by atoms with Crippen LogP contribution in [0.3, 0.4) is 0 Å². The molecule has 0 saturated heterocycles. The summed E-state index contributed by atoms with van der Waals surface area (Å²) in [7, 11) is 0. The molecule has 2 nitrogen and oxygen atoms in total. The third-order valence-corrected chi connectivity index (χ3v) is 4.29. The molecule has 5 heteroatoms. The Kier molecular flexibility index (Phi) is 4.55. The Morgan fingerprint density at radius 2 is 2.16 bits per heavy atom. The average molecular weight is 332 g/mol. The van der Waals surface area contributed by atoms with Gasteiger partial charge < -0.3 is 4.90 Å². The topological polar surface area (TPSA) is 20.3 Å². The molecule has 1 unspecified atom stereocenters. The number of carbonyl (C=O) groups excluding carboxylic acids is 1. The molecule has 1 atom stereocenters. The highest BCUT2D eigenvalue weighted by Gasteiger charge is 2.34. The molecule has 0 aliphatic heterocycles. The predicted octanol–water partition coefficient (Wildman–Crippen LogP) is 3.63. The van der Waals surface area contributed by atoms with E-state index in [4.69, 9.17) is 0 Å². The Bertz CT molecular complexity index is 477. The van der Waals surface area contributed by atoms with Gasteiger partial charge in [-0.15, -0.1) is 0 Å². The van der Waals surface area contributed by atoms with Gasteiger partial charge in [0.25, 0.3) is 0 Å². The molecule has 1 fully saturated rings. The first-order valence-corrected chi connectivity index (χ1v) is 7.33. The lowest BCUT2D eigenvalue weighted by Gasteiger charge is -2.25. The number of amides is 1. The van der Waals surface area contributed by atoms with Crippen LogP contribution in [-0.2, 0) is 11.3 Å². The Morgan fingerprint density at radius 3 is 2.68 bits per heavy atom. The molecule has 19 heavy (non-hydrogen) atoms. The first-order valence-electron chi connectivity index (χ1n) is 6.41. The molecular weight excluding hydrogens is 316 g/mol. The summed E-state index contributed by atoms with van der Waals surface area (Å²) < 4.78 is 26.5. The number of nitrogens with zero attached hydrogens (tertiary/aromatic N) is 1. The van der Waals surface area contributed by atoms with Gasteiger partial charge >= 0.3 is 0 Å². The van der Waals surface area contributed by atoms with E-state index < -0.39 is 11.6 Å². The van der Waals surface area contributed by atoms with Gasteiger partial charge in [0.1, 0.15) is 11.6 Å². The zero-order chi connectivity index (χ0) is 14.0. The number of carbonyl (C=O) groups is 1. The van der Waals surface area contributed by atoms with Gasteiger partial charge in [-0.3, -0.25) is 4.79 Å². The van der Waals surface area contributed by atoms with Crippen LogP contribution >= 0.6 is 15.9 Å². The van der Waals surface area contributed by atoms with Gasteiger partial charge in [0.15, 0.2) is 0 Å². The van der Waals surface area contributed by atoms with Gasteiger partial charge in [0.2, 0.25) is 5.91 Å². The van der Waals surface area contributed by atoms with E-state index in [9.17, 15) is 13.6 Å². The minimum Gasteiger partial charge on any atom is -0.334 e. The number of rotatable bonds is 5. The second-order valence-electron chi connectivity index (χ2n) is 4.81. The van der Waals surface area contributed by atoms with Crippen LogP contribution in [0.15, 0.2) is 18.2 Å². The molecule has 1 saturated carbocycles. The van der Waals surface area contributed by atoms with Gasteiger partial charge in [-0.2, -0.15) is 0 Å². The number of alkyl halides is 1. The summed E-state index contributed by atoms with van der Waals surface area (Å²) in [5.41, 5.74) is 0.359. The first-order chi connectivity index (χ1) is 9.02. The highest BCUT2D eigenvalue weighted by atomic mass is 79.9. The number of halogens is 3. The molecule has 0 N–H and O–H groups in total. The van der Waals surface area contributed by atoms with Crippen LogP contribution in [0, 0.1) is 11.6 Å². The van der Waals surface area contributed by atoms with Crippen LogP contribution in [0.5, 0.6) is 0 Å². The maximum absolute atomic E-state index is 13.7. The SMILES string of the molecule is CCC(Br)C(=O)N(Cc1ccc(F)cc1F)C1CC1. The zero-order valence-corrected chi connectivity index (χ0v) is 12.3. The third-order valence-electron chi connectivity index (χ3n) is 3.25. The Labute approximate surface area is 119 Å². The average Bonchev–Trinajstić information content (AvgIpc) is 3.20. The van der Waals surface area contributed by atoms with Crippen molar-refractivity contribution in [2.75, 3.05) is 0 Å². The van der Waals surface area contributed by atoms with Gasteiger partial charge in [-0.25, -0.2) is 8.78 Å². The highest BCUT2D eigenvalue weighted by molar-refractivity contribution is 9.10. The Morgan fingerprint density at radius 1 is 1.47 bits per heavy atom. The summed E-state index contributed by atoms with van der Waals surface area (Å²) in [4.78, 5) is 13.7. The van der Waals surface area contributed by atoms with E-state index in [2.05, 4.69) is 15.9 Å². The van der Waals surface area contributed by atoms with Crippen LogP contribution in [-0.4, -0.2) is 21.7 Å². The maximum Gasteiger partial charge on any atom is 0.236 e. The van der Waals surface area contributed by atoms with Gasteiger partial charge in [-0.05, 0) is 25.3 Å². The predicted molar refractivity (Wildman–Crippen MR) is 72.9 cm³/mol. The normalized spacial score (nSPS) is 16.2. The fourth-order valence-electron chi connectivity index (χ4n) is 1.96. The van der Waals surface area contributed by atoms with E-state index in [1.54, 1.807) is 4.90 Å². The summed E-state index contributed by atoms with van der Waals surface area (Å²) in [6, 6.07) is 3.68. The molecule has 1 amide bonds. The second kappa shape index (κ2) is 5.99. The number of hydrogen-bond donors (Lipinski definition) is 0. The van der Waals surface area contributed by atoms with Crippen LogP contribution in [0.4, 0.5) is 8.78 Å². The zero-order valence-electron chi connectivity index (χ0n) is 10.7. The van der Waals surface area contributed by atoms with Crippen molar-refractivity contribution in [3.63, 3.8) is 0 Å². The van der Waals surface area contributed by atoms with Crippen molar-refractivity contribution in [3.8, 4) is 0 Å². The standard InChI is InChI=1S/C14H16BrF2NO/c1-2-12(15)14(19)18(11-5-6-11)8-9-3-4-10(16)7-13(9)17/h3-4,7,11-12H,2,5-6,8H2,1H3. The smallest absolute Gasteiger partial charge is 0.236 e. The summed E-state index contributed by atoms with van der Waals surface area (Å²) >= 11 is 3.34. The molecule has 1 aromatic carbocycles. The lowest BCUT2D eigenvalue weighted by Crippen LogP contribution is -2.37. The molecule has 0 spiro atoms. The minimum absolute atomic E-state index is 0.0197. The summed E-state index contributed by atoms with van der Waals surface area (Å²) in [5.74, 6) is -1.22. The summed E-state index contributed by atoms with van der Waals surface area (Å²) in [5, 5.41) is 0. The van der Waals surface area contributed by atoms with Gasteiger partial charge in [-0.1, -0.05) is 28.9 Å². The van der Waals surface area contributed by atoms with Crippen molar-refractivity contribution in [2.24, 2.45) is 0 Å². The van der Waals surface area contributed by atoms with Crippen LogP contribution < -0.4 is 0 Å². The van der Waals surface area contributed by atoms with E-state index in [-0.39, 0.29) is 23.3 Å². The van der Waals surface area contributed by atoms with Crippen LogP contribution in [0.2, 0.25) is 0 Å². The molecule has 1 aromatic rings. The minimum atomic E-state index is -0.600. The quantitative estimate of drug-likeness (QED) is 0.754. The lowest BCUT2D eigenvalue weighted by molar-refractivity contribution is -0.131. The second-order valence-corrected chi connectivity index (χ2v) is 5.91. The van der Waals surface area contributed by atoms with Gasteiger partial charge in [0.05, 0.1) is 4.83 Å². The first kappa shape index (κ1) is 14.4. The van der Waals surface area contributed by atoms with Crippen LogP contribution in [0.25, 0.3) is 0 Å². The van der Waals surface area contributed by atoms with E-state index in [1.807, 2.05) is 6.92 Å². The largest absolute Gasteiger partial charge is 0.334 e. The van der Waals surface area contributed by atoms with Crippen molar-refractivity contribution in [3.05, 3.63) is 35.4 Å².